The van der Waals surface area contributed by atoms with Crippen molar-refractivity contribution in [3.05, 3.63) is 33.8 Å². The van der Waals surface area contributed by atoms with Gasteiger partial charge in [0.15, 0.2) is 0 Å². The molecule has 0 spiro atoms. The Labute approximate surface area is 114 Å². The number of rotatable bonds is 7. The lowest BCUT2D eigenvalue weighted by Crippen LogP contribution is -2.11. The third-order valence-corrected chi connectivity index (χ3v) is 3.75. The third kappa shape index (κ3) is 5.22. The van der Waals surface area contributed by atoms with Gasteiger partial charge in [0.2, 0.25) is 0 Å². The second kappa shape index (κ2) is 7.88. The lowest BCUT2D eigenvalue weighted by molar-refractivity contribution is 0.554. The summed E-state index contributed by atoms with van der Waals surface area (Å²) < 4.78 is 1.12. The van der Waals surface area contributed by atoms with Crippen molar-refractivity contribution < 1.29 is 0 Å². The minimum absolute atomic E-state index is 0.189. The van der Waals surface area contributed by atoms with E-state index < -0.39 is 0 Å². The molecule has 0 aromatic heterocycles. The predicted octanol–water partition coefficient (Wildman–Crippen LogP) is 5.12. The van der Waals surface area contributed by atoms with Crippen molar-refractivity contribution in [2.75, 3.05) is 0 Å². The zero-order valence-corrected chi connectivity index (χ0v) is 12.6. The molecule has 0 aliphatic heterocycles. The number of aryl methyl sites for hydroxylation is 1. The summed E-state index contributed by atoms with van der Waals surface area (Å²) in [6.07, 6.45) is 7.66. The molecule has 0 fully saturated rings. The van der Waals surface area contributed by atoms with Gasteiger partial charge in [-0.05, 0) is 36.6 Å². The molecule has 0 aliphatic carbocycles. The second-order valence-corrected chi connectivity index (χ2v) is 5.73. The van der Waals surface area contributed by atoms with Crippen LogP contribution in [-0.2, 0) is 0 Å². The van der Waals surface area contributed by atoms with E-state index in [1.807, 2.05) is 0 Å². The molecule has 0 aliphatic rings. The maximum absolute atomic E-state index is 6.26. The van der Waals surface area contributed by atoms with Gasteiger partial charge in [-0.15, -0.1) is 0 Å². The van der Waals surface area contributed by atoms with Gasteiger partial charge in [-0.1, -0.05) is 61.0 Å². The van der Waals surface area contributed by atoms with E-state index in [0.29, 0.717) is 0 Å². The molecular weight excluding hydrogens is 274 g/mol. The van der Waals surface area contributed by atoms with E-state index in [1.54, 1.807) is 0 Å². The van der Waals surface area contributed by atoms with Gasteiger partial charge in [-0.25, -0.2) is 0 Å². The molecule has 1 nitrogen and oxygen atoms in total. The fourth-order valence-electron chi connectivity index (χ4n) is 2.13. The first-order valence-corrected chi connectivity index (χ1v) is 7.46. The van der Waals surface area contributed by atoms with Gasteiger partial charge in [0.25, 0.3) is 0 Å². The van der Waals surface area contributed by atoms with Crippen molar-refractivity contribution in [2.45, 2.75) is 58.4 Å². The molecule has 1 unspecified atom stereocenters. The Bertz CT molecular complexity index is 336. The highest BCUT2D eigenvalue weighted by atomic mass is 79.9. The molecule has 0 saturated carbocycles. The molecular formula is C15H24BrN. The summed E-state index contributed by atoms with van der Waals surface area (Å²) in [6.45, 7) is 4.38. The fourth-order valence-corrected chi connectivity index (χ4v) is 2.51. The first-order chi connectivity index (χ1) is 8.15. The number of hydrogen-bond donors (Lipinski definition) is 1. The molecule has 2 heteroatoms. The van der Waals surface area contributed by atoms with Crippen molar-refractivity contribution in [3.8, 4) is 0 Å². The zero-order valence-electron chi connectivity index (χ0n) is 11.0. The molecule has 0 bridgehead atoms. The molecule has 0 amide bonds. The van der Waals surface area contributed by atoms with Crippen molar-refractivity contribution in [1.29, 1.82) is 0 Å². The standard InChI is InChI=1S/C15H24BrN/c1-3-4-5-6-7-8-15(17)14-11-13(16)10-9-12(14)2/h9-11,15H,3-8,17H2,1-2H3. The van der Waals surface area contributed by atoms with E-state index in [-0.39, 0.29) is 6.04 Å². The summed E-state index contributed by atoms with van der Waals surface area (Å²) in [4.78, 5) is 0. The van der Waals surface area contributed by atoms with Crippen LogP contribution in [0.25, 0.3) is 0 Å². The van der Waals surface area contributed by atoms with Crippen LogP contribution in [0.2, 0.25) is 0 Å². The number of nitrogens with two attached hydrogens (primary N) is 1. The van der Waals surface area contributed by atoms with Gasteiger partial charge >= 0.3 is 0 Å². The van der Waals surface area contributed by atoms with E-state index in [4.69, 9.17) is 5.73 Å². The summed E-state index contributed by atoms with van der Waals surface area (Å²) >= 11 is 3.51. The maximum Gasteiger partial charge on any atom is 0.0297 e. The SMILES string of the molecule is CCCCCCCC(N)c1cc(Br)ccc1C. The molecule has 2 N–H and O–H groups in total. The van der Waals surface area contributed by atoms with Crippen molar-refractivity contribution in [1.82, 2.24) is 0 Å². The van der Waals surface area contributed by atoms with Crippen LogP contribution in [0.15, 0.2) is 22.7 Å². The Morgan fingerprint density at radius 3 is 2.59 bits per heavy atom. The lowest BCUT2D eigenvalue weighted by atomic mass is 9.97. The van der Waals surface area contributed by atoms with E-state index in [0.717, 1.165) is 10.9 Å². The number of unbranched alkanes of at least 4 members (excludes halogenated alkanes) is 4. The van der Waals surface area contributed by atoms with Crippen LogP contribution >= 0.6 is 15.9 Å². The summed E-state index contributed by atoms with van der Waals surface area (Å²) in [5.74, 6) is 0. The van der Waals surface area contributed by atoms with E-state index >= 15 is 0 Å². The summed E-state index contributed by atoms with van der Waals surface area (Å²) in [6, 6.07) is 6.56. The first-order valence-electron chi connectivity index (χ1n) is 6.66. The van der Waals surface area contributed by atoms with Gasteiger partial charge in [-0.2, -0.15) is 0 Å². The number of halogens is 1. The smallest absolute Gasteiger partial charge is 0.0297 e. The topological polar surface area (TPSA) is 26.0 Å². The van der Waals surface area contributed by atoms with Gasteiger partial charge in [-0.3, -0.25) is 0 Å². The van der Waals surface area contributed by atoms with Crippen LogP contribution in [0, 0.1) is 6.92 Å². The van der Waals surface area contributed by atoms with Crippen molar-refractivity contribution in [2.24, 2.45) is 5.73 Å². The first kappa shape index (κ1) is 14.7. The molecule has 1 aromatic carbocycles. The maximum atomic E-state index is 6.26. The average Bonchev–Trinajstić information content (AvgIpc) is 2.32. The molecule has 17 heavy (non-hydrogen) atoms. The van der Waals surface area contributed by atoms with Gasteiger partial charge in [0.05, 0.1) is 0 Å². The van der Waals surface area contributed by atoms with Crippen LogP contribution in [0.1, 0.15) is 62.6 Å². The van der Waals surface area contributed by atoms with Gasteiger partial charge in [0.1, 0.15) is 0 Å². The van der Waals surface area contributed by atoms with Crippen LogP contribution in [0.4, 0.5) is 0 Å². The Kier molecular flexibility index (Phi) is 6.83. The van der Waals surface area contributed by atoms with Gasteiger partial charge < -0.3 is 5.73 Å². The molecule has 1 rings (SSSR count). The van der Waals surface area contributed by atoms with E-state index in [9.17, 15) is 0 Å². The monoisotopic (exact) mass is 297 g/mol. The Morgan fingerprint density at radius 1 is 1.18 bits per heavy atom. The molecule has 0 radical (unpaired) electrons. The fraction of sp³-hybridized carbons (Fsp3) is 0.600. The van der Waals surface area contributed by atoms with Crippen LogP contribution in [-0.4, -0.2) is 0 Å². The van der Waals surface area contributed by atoms with Crippen LogP contribution < -0.4 is 5.73 Å². The molecule has 1 aromatic rings. The number of benzene rings is 1. The summed E-state index contributed by atoms with van der Waals surface area (Å²) in [5, 5.41) is 0. The zero-order chi connectivity index (χ0) is 12.7. The average molecular weight is 298 g/mol. The van der Waals surface area contributed by atoms with Crippen LogP contribution in [0.3, 0.4) is 0 Å². The highest BCUT2D eigenvalue weighted by Gasteiger charge is 2.08. The van der Waals surface area contributed by atoms with Crippen molar-refractivity contribution in [3.63, 3.8) is 0 Å². The highest BCUT2D eigenvalue weighted by Crippen LogP contribution is 2.24. The molecule has 96 valence electrons. The Hall–Kier alpha value is -0.340. The van der Waals surface area contributed by atoms with Crippen LogP contribution in [0.5, 0.6) is 0 Å². The van der Waals surface area contributed by atoms with Gasteiger partial charge in [0, 0.05) is 10.5 Å². The van der Waals surface area contributed by atoms with E-state index in [1.165, 1.54) is 43.2 Å². The quantitative estimate of drug-likeness (QED) is 0.695. The third-order valence-electron chi connectivity index (χ3n) is 3.26. The molecule has 1 atom stereocenters. The van der Waals surface area contributed by atoms with Crippen molar-refractivity contribution >= 4 is 15.9 Å². The highest BCUT2D eigenvalue weighted by molar-refractivity contribution is 9.10. The molecule has 0 heterocycles. The minimum Gasteiger partial charge on any atom is -0.324 e. The Balaban J connectivity index is 2.41. The predicted molar refractivity (Wildman–Crippen MR) is 79.2 cm³/mol. The second-order valence-electron chi connectivity index (χ2n) is 4.81. The van der Waals surface area contributed by atoms with E-state index in [2.05, 4.69) is 48.0 Å². The minimum atomic E-state index is 0.189. The Morgan fingerprint density at radius 2 is 1.88 bits per heavy atom. The normalized spacial score (nSPS) is 12.7. The number of hydrogen-bond acceptors (Lipinski definition) is 1. The summed E-state index contributed by atoms with van der Waals surface area (Å²) in [5.41, 5.74) is 8.85. The molecule has 0 saturated heterocycles. The lowest BCUT2D eigenvalue weighted by Gasteiger charge is -2.15. The summed E-state index contributed by atoms with van der Waals surface area (Å²) in [7, 11) is 0. The largest absolute Gasteiger partial charge is 0.324 e.